The van der Waals surface area contributed by atoms with Gasteiger partial charge in [-0.2, -0.15) is 0 Å². The molecule has 0 bridgehead atoms. The van der Waals surface area contributed by atoms with Crippen LogP contribution in [0.1, 0.15) is 42.2 Å². The molecule has 2 aliphatic heterocycles. The van der Waals surface area contributed by atoms with Gasteiger partial charge in [-0.3, -0.25) is 9.62 Å². The topological polar surface area (TPSA) is 37.0 Å². The molecule has 2 aromatic carbocycles. The number of rotatable bonds is 9. The van der Waals surface area contributed by atoms with Crippen molar-refractivity contribution in [2.24, 2.45) is 5.92 Å². The van der Waals surface area contributed by atoms with E-state index in [1.165, 1.54) is 54.9 Å². The van der Waals surface area contributed by atoms with Gasteiger partial charge in [-0.05, 0) is 67.2 Å². The minimum atomic E-state index is -0.271. The number of nitrogens with one attached hydrogen (secondary N) is 1. The maximum atomic E-state index is 13.6. The Balaban J connectivity index is 1.42. The largest absolute Gasteiger partial charge is 0.496 e. The van der Waals surface area contributed by atoms with Crippen LogP contribution in [0.25, 0.3) is 0 Å². The lowest BCUT2D eigenvalue weighted by Gasteiger charge is -2.33. The molecule has 2 heterocycles. The van der Waals surface area contributed by atoms with Crippen LogP contribution in [0.3, 0.4) is 0 Å². The summed E-state index contributed by atoms with van der Waals surface area (Å²) >= 11 is 1.85. The Labute approximate surface area is 201 Å². The summed E-state index contributed by atoms with van der Waals surface area (Å²) in [6, 6.07) is 11.5. The van der Waals surface area contributed by atoms with Crippen molar-refractivity contribution >= 4 is 17.6 Å². The number of methoxy groups -OCH3 is 2. The minimum absolute atomic E-state index is 0.0959. The molecule has 0 aliphatic carbocycles. The first-order chi connectivity index (χ1) is 16.1. The van der Waals surface area contributed by atoms with Crippen molar-refractivity contribution in [3.8, 4) is 5.75 Å². The number of ether oxygens (including phenoxy) is 2. The van der Waals surface area contributed by atoms with Gasteiger partial charge in [0.1, 0.15) is 17.8 Å². The van der Waals surface area contributed by atoms with E-state index in [9.17, 15) is 4.39 Å². The number of benzene rings is 2. The van der Waals surface area contributed by atoms with Gasteiger partial charge in [0.25, 0.3) is 0 Å². The summed E-state index contributed by atoms with van der Waals surface area (Å²) in [4.78, 5) is 2.37. The molecule has 1 N–H and O–H groups in total. The molecule has 1 saturated heterocycles. The van der Waals surface area contributed by atoms with Crippen LogP contribution in [0.4, 0.5) is 10.1 Å². The second-order valence-corrected chi connectivity index (χ2v) is 9.83. The Morgan fingerprint density at radius 3 is 2.67 bits per heavy atom. The predicted molar refractivity (Wildman–Crippen MR) is 134 cm³/mol. The number of anilines is 1. The molecule has 1 unspecified atom stereocenters. The quantitative estimate of drug-likeness (QED) is 0.408. The summed E-state index contributed by atoms with van der Waals surface area (Å²) in [6.07, 6.45) is 6.68. The second-order valence-electron chi connectivity index (χ2n) is 8.95. The highest BCUT2D eigenvalue weighted by Crippen LogP contribution is 2.33. The van der Waals surface area contributed by atoms with Gasteiger partial charge in [0, 0.05) is 57.2 Å². The van der Waals surface area contributed by atoms with Crippen LogP contribution in [0, 0.1) is 11.7 Å². The standard InChI is InChI=1S/C26H36FN3O2S/c1-31-25-16-23(27)8-6-22(25)18-29-12-4-5-20-15-21(7-9-24(20)29)26(32-2)28-17-19-10-13-30(33-3)14-11-19/h6-9,15-16,19,26,28H,4-5,10-14,17-18H2,1-3H3. The molecular formula is C26H36FN3O2S. The lowest BCUT2D eigenvalue weighted by Crippen LogP contribution is -2.35. The van der Waals surface area contributed by atoms with E-state index in [0.29, 0.717) is 18.2 Å². The number of fused-ring (bicyclic) bond motifs is 1. The second kappa shape index (κ2) is 11.6. The maximum Gasteiger partial charge on any atom is 0.133 e. The van der Waals surface area contributed by atoms with Crippen LogP contribution < -0.4 is 15.0 Å². The van der Waals surface area contributed by atoms with Gasteiger partial charge >= 0.3 is 0 Å². The van der Waals surface area contributed by atoms with E-state index in [4.69, 9.17) is 9.47 Å². The Bertz CT molecular complexity index is 920. The summed E-state index contributed by atoms with van der Waals surface area (Å²) < 4.78 is 27.3. The lowest BCUT2D eigenvalue weighted by atomic mass is 9.96. The van der Waals surface area contributed by atoms with E-state index in [0.717, 1.165) is 31.5 Å². The first-order valence-electron chi connectivity index (χ1n) is 11.9. The average molecular weight is 474 g/mol. The minimum Gasteiger partial charge on any atom is -0.496 e. The fourth-order valence-electron chi connectivity index (χ4n) is 4.98. The van der Waals surface area contributed by atoms with Crippen LogP contribution in [0.2, 0.25) is 0 Å². The molecule has 1 atom stereocenters. The molecule has 180 valence electrons. The van der Waals surface area contributed by atoms with Gasteiger partial charge in [0.05, 0.1) is 7.11 Å². The summed E-state index contributed by atoms with van der Waals surface area (Å²) in [5, 5.41) is 3.65. The van der Waals surface area contributed by atoms with E-state index in [2.05, 4.69) is 39.0 Å². The number of aryl methyl sites for hydroxylation is 1. The first-order valence-corrected chi connectivity index (χ1v) is 13.0. The lowest BCUT2D eigenvalue weighted by molar-refractivity contribution is 0.0671. The van der Waals surface area contributed by atoms with Gasteiger partial charge in [0.15, 0.2) is 0 Å². The average Bonchev–Trinajstić information content (AvgIpc) is 2.85. The summed E-state index contributed by atoms with van der Waals surface area (Å²) in [6.45, 7) is 5.00. The van der Waals surface area contributed by atoms with Gasteiger partial charge < -0.3 is 14.4 Å². The maximum absolute atomic E-state index is 13.6. The molecule has 2 aliphatic rings. The third kappa shape index (κ3) is 6.01. The number of halogens is 1. The fraction of sp³-hybridized carbons (Fsp3) is 0.538. The highest BCUT2D eigenvalue weighted by atomic mass is 32.2. The van der Waals surface area contributed by atoms with Crippen molar-refractivity contribution in [3.63, 3.8) is 0 Å². The van der Waals surface area contributed by atoms with Crippen LogP contribution in [-0.2, 0) is 17.7 Å². The first kappa shape index (κ1) is 24.3. The van der Waals surface area contributed by atoms with E-state index >= 15 is 0 Å². The van der Waals surface area contributed by atoms with E-state index in [1.54, 1.807) is 14.2 Å². The Morgan fingerprint density at radius 2 is 1.94 bits per heavy atom. The van der Waals surface area contributed by atoms with Crippen molar-refractivity contribution in [2.45, 2.75) is 38.5 Å². The zero-order chi connectivity index (χ0) is 23.2. The molecule has 0 amide bonds. The molecule has 0 spiro atoms. The molecule has 0 aromatic heterocycles. The van der Waals surface area contributed by atoms with Gasteiger partial charge in [-0.25, -0.2) is 4.39 Å². The molecule has 33 heavy (non-hydrogen) atoms. The SMILES string of the molecule is COc1cc(F)ccc1CN1CCCc2cc(C(NCC3CCN(SC)CC3)OC)ccc21. The van der Waals surface area contributed by atoms with Crippen molar-refractivity contribution in [1.29, 1.82) is 0 Å². The number of hydrogen-bond acceptors (Lipinski definition) is 6. The Hall–Kier alpha value is -1.80. The molecule has 1 fully saturated rings. The Kier molecular flexibility index (Phi) is 8.52. The zero-order valence-corrected chi connectivity index (χ0v) is 20.8. The smallest absolute Gasteiger partial charge is 0.133 e. The summed E-state index contributed by atoms with van der Waals surface area (Å²) in [7, 11) is 3.37. The van der Waals surface area contributed by atoms with Crippen LogP contribution >= 0.6 is 11.9 Å². The fourth-order valence-corrected chi connectivity index (χ4v) is 5.56. The molecule has 7 heteroatoms. The van der Waals surface area contributed by atoms with Crippen molar-refractivity contribution in [3.05, 3.63) is 58.9 Å². The van der Waals surface area contributed by atoms with Crippen molar-refractivity contribution in [1.82, 2.24) is 9.62 Å². The van der Waals surface area contributed by atoms with Gasteiger partial charge in [0.2, 0.25) is 0 Å². The summed E-state index contributed by atoms with van der Waals surface area (Å²) in [5.74, 6) is 1.03. The van der Waals surface area contributed by atoms with E-state index in [1.807, 2.05) is 18.0 Å². The highest BCUT2D eigenvalue weighted by molar-refractivity contribution is 7.96. The molecule has 4 rings (SSSR count). The van der Waals surface area contributed by atoms with Crippen LogP contribution in [0.15, 0.2) is 36.4 Å². The highest BCUT2D eigenvalue weighted by Gasteiger charge is 2.23. The molecule has 0 saturated carbocycles. The monoisotopic (exact) mass is 473 g/mol. The Morgan fingerprint density at radius 1 is 1.12 bits per heavy atom. The van der Waals surface area contributed by atoms with Crippen LogP contribution in [0.5, 0.6) is 5.75 Å². The van der Waals surface area contributed by atoms with Gasteiger partial charge in [-0.15, -0.1) is 0 Å². The van der Waals surface area contributed by atoms with E-state index in [-0.39, 0.29) is 12.0 Å². The molecule has 2 aromatic rings. The van der Waals surface area contributed by atoms with Crippen LogP contribution in [-0.4, -0.2) is 51.0 Å². The number of nitrogens with zero attached hydrogens (tertiary/aromatic N) is 2. The van der Waals surface area contributed by atoms with Crippen molar-refractivity contribution in [2.75, 3.05) is 51.6 Å². The molecule has 0 radical (unpaired) electrons. The zero-order valence-electron chi connectivity index (χ0n) is 20.0. The predicted octanol–water partition coefficient (Wildman–Crippen LogP) is 5.01. The van der Waals surface area contributed by atoms with E-state index < -0.39 is 0 Å². The molecule has 5 nitrogen and oxygen atoms in total. The number of hydrogen-bond donors (Lipinski definition) is 1. The number of piperidine rings is 1. The molecular weight excluding hydrogens is 437 g/mol. The third-order valence-corrected chi connectivity index (χ3v) is 7.77. The van der Waals surface area contributed by atoms with Crippen molar-refractivity contribution < 1.29 is 13.9 Å². The normalized spacial score (nSPS) is 18.2. The third-order valence-electron chi connectivity index (χ3n) is 6.89. The summed E-state index contributed by atoms with van der Waals surface area (Å²) in [5.41, 5.74) is 4.77. The van der Waals surface area contributed by atoms with Gasteiger partial charge in [-0.1, -0.05) is 24.1 Å².